The van der Waals surface area contributed by atoms with Gasteiger partial charge in [-0.15, -0.1) is 0 Å². The third-order valence-electron chi connectivity index (χ3n) is 1.57. The van der Waals surface area contributed by atoms with Crippen LogP contribution in [0.1, 0.15) is 0 Å². The van der Waals surface area contributed by atoms with Gasteiger partial charge in [-0.2, -0.15) is 0 Å². The minimum absolute atomic E-state index is 0.332. The van der Waals surface area contributed by atoms with E-state index in [9.17, 15) is 4.39 Å². The van der Waals surface area contributed by atoms with Crippen molar-refractivity contribution in [3.05, 3.63) is 27.3 Å². The van der Waals surface area contributed by atoms with E-state index in [1.807, 2.05) is 0 Å². The van der Waals surface area contributed by atoms with Gasteiger partial charge in [0.2, 0.25) is 0 Å². The molecule has 5 heteroatoms. The zero-order valence-electron chi connectivity index (χ0n) is 5.74. The van der Waals surface area contributed by atoms with Gasteiger partial charge >= 0.3 is 0 Å². The van der Waals surface area contributed by atoms with E-state index in [2.05, 4.69) is 41.8 Å². The number of halogens is 3. The lowest BCUT2D eigenvalue weighted by molar-refractivity contribution is 0.633. The van der Waals surface area contributed by atoms with Crippen LogP contribution in [0.25, 0.3) is 10.9 Å². The van der Waals surface area contributed by atoms with Gasteiger partial charge in [-0.1, -0.05) is 0 Å². The Kier molecular flexibility index (Phi) is 1.92. The molecule has 0 radical (unpaired) electrons. The first kappa shape index (κ1) is 8.19. The summed E-state index contributed by atoms with van der Waals surface area (Å²) >= 11 is 6.45. The van der Waals surface area contributed by atoms with Crippen molar-refractivity contribution in [2.45, 2.75) is 0 Å². The fourth-order valence-corrected chi connectivity index (χ4v) is 1.96. The van der Waals surface area contributed by atoms with Crippen molar-refractivity contribution in [1.29, 1.82) is 0 Å². The fourth-order valence-electron chi connectivity index (χ4n) is 1.04. The fraction of sp³-hybridized carbons (Fsp3) is 0. The molecule has 0 aliphatic rings. The normalized spacial score (nSPS) is 10.9. The molecule has 1 N–H and O–H groups in total. The largest absolute Gasteiger partial charge is 0.358 e. The summed E-state index contributed by atoms with van der Waals surface area (Å²) < 4.78 is 14.4. The van der Waals surface area contributed by atoms with E-state index in [1.165, 1.54) is 6.20 Å². The molecule has 0 aromatic carbocycles. The van der Waals surface area contributed by atoms with Crippen LogP contribution in [0.15, 0.2) is 21.5 Å². The molecule has 0 saturated carbocycles. The number of fused-ring (bicyclic) bond motifs is 1. The van der Waals surface area contributed by atoms with Gasteiger partial charge in [-0.25, -0.2) is 9.37 Å². The second-order valence-corrected chi connectivity index (χ2v) is 3.89. The number of aromatic nitrogens is 2. The van der Waals surface area contributed by atoms with Crippen molar-refractivity contribution >= 4 is 42.8 Å². The number of H-pyrrole nitrogens is 1. The SMILES string of the molecule is Fc1cnc(Br)c2[nH]cc(Br)c12. The monoisotopic (exact) mass is 292 g/mol. The number of hydrogen-bond donors (Lipinski definition) is 1. The molecule has 0 fully saturated rings. The minimum atomic E-state index is -0.332. The van der Waals surface area contributed by atoms with E-state index in [1.54, 1.807) is 6.20 Å². The number of nitrogens with one attached hydrogen (secondary N) is 1. The molecular formula is C7H3Br2FN2. The molecule has 2 nitrogen and oxygen atoms in total. The lowest BCUT2D eigenvalue weighted by atomic mass is 10.3. The van der Waals surface area contributed by atoms with Gasteiger partial charge in [0.1, 0.15) is 4.60 Å². The van der Waals surface area contributed by atoms with Gasteiger partial charge in [0, 0.05) is 10.7 Å². The third kappa shape index (κ3) is 1.08. The van der Waals surface area contributed by atoms with Crippen LogP contribution in [0.2, 0.25) is 0 Å². The zero-order chi connectivity index (χ0) is 8.72. The van der Waals surface area contributed by atoms with Crippen LogP contribution in [0.3, 0.4) is 0 Å². The van der Waals surface area contributed by atoms with E-state index < -0.39 is 0 Å². The summed E-state index contributed by atoms with van der Waals surface area (Å²) in [6.07, 6.45) is 2.87. The van der Waals surface area contributed by atoms with E-state index in [0.717, 1.165) is 0 Å². The number of hydrogen-bond acceptors (Lipinski definition) is 1. The summed E-state index contributed by atoms with van der Waals surface area (Å²) in [6, 6.07) is 0. The second-order valence-electron chi connectivity index (χ2n) is 2.28. The van der Waals surface area contributed by atoms with Crippen LogP contribution in [0.5, 0.6) is 0 Å². The number of rotatable bonds is 0. The highest BCUT2D eigenvalue weighted by molar-refractivity contribution is 9.11. The average Bonchev–Trinajstić information content (AvgIpc) is 2.42. The molecule has 0 amide bonds. The second kappa shape index (κ2) is 2.81. The molecule has 0 saturated heterocycles. The molecule has 2 aromatic heterocycles. The van der Waals surface area contributed by atoms with Crippen molar-refractivity contribution in [2.24, 2.45) is 0 Å². The van der Waals surface area contributed by atoms with E-state index >= 15 is 0 Å². The molecule has 2 heterocycles. The maximum Gasteiger partial charge on any atom is 0.152 e. The Morgan fingerprint density at radius 1 is 1.42 bits per heavy atom. The lowest BCUT2D eigenvalue weighted by Gasteiger charge is -1.94. The van der Waals surface area contributed by atoms with Gasteiger partial charge in [0.25, 0.3) is 0 Å². The van der Waals surface area contributed by atoms with Crippen molar-refractivity contribution in [3.8, 4) is 0 Å². The first-order chi connectivity index (χ1) is 5.70. The van der Waals surface area contributed by atoms with Crippen LogP contribution in [0.4, 0.5) is 4.39 Å². The van der Waals surface area contributed by atoms with Crippen molar-refractivity contribution < 1.29 is 4.39 Å². The van der Waals surface area contributed by atoms with Gasteiger partial charge in [0.05, 0.1) is 17.1 Å². The molecule has 0 aliphatic carbocycles. The first-order valence-electron chi connectivity index (χ1n) is 3.16. The molecule has 0 spiro atoms. The van der Waals surface area contributed by atoms with Crippen molar-refractivity contribution in [1.82, 2.24) is 9.97 Å². The first-order valence-corrected chi connectivity index (χ1v) is 4.75. The minimum Gasteiger partial charge on any atom is -0.358 e. The molecule has 0 aliphatic heterocycles. The van der Waals surface area contributed by atoms with Crippen LogP contribution in [-0.4, -0.2) is 9.97 Å². The summed E-state index contributed by atoms with van der Waals surface area (Å²) in [4.78, 5) is 6.71. The maximum absolute atomic E-state index is 13.1. The number of pyridine rings is 1. The standard InChI is InChI=1S/C7H3Br2FN2/c8-3-1-11-6-5(3)4(10)2-12-7(6)9/h1-2,11H. The lowest BCUT2D eigenvalue weighted by Crippen LogP contribution is -1.82. The topological polar surface area (TPSA) is 28.7 Å². The molecule has 2 aromatic rings. The van der Waals surface area contributed by atoms with Crippen LogP contribution in [0, 0.1) is 5.82 Å². The van der Waals surface area contributed by atoms with E-state index in [4.69, 9.17) is 0 Å². The molecule has 0 bridgehead atoms. The summed E-state index contributed by atoms with van der Waals surface area (Å²) in [6.45, 7) is 0. The number of aromatic amines is 1. The molecule has 62 valence electrons. The van der Waals surface area contributed by atoms with Crippen LogP contribution in [-0.2, 0) is 0 Å². The summed E-state index contributed by atoms with van der Waals surface area (Å²) in [5, 5.41) is 0.525. The highest BCUT2D eigenvalue weighted by Crippen LogP contribution is 2.29. The number of nitrogens with zero attached hydrogens (tertiary/aromatic N) is 1. The van der Waals surface area contributed by atoms with Gasteiger partial charge in [-0.3, -0.25) is 0 Å². The Balaban J connectivity index is 2.98. The van der Waals surface area contributed by atoms with Crippen LogP contribution < -0.4 is 0 Å². The maximum atomic E-state index is 13.1. The smallest absolute Gasteiger partial charge is 0.152 e. The van der Waals surface area contributed by atoms with Gasteiger partial charge in [0.15, 0.2) is 5.82 Å². The summed E-state index contributed by atoms with van der Waals surface area (Å²) in [5.74, 6) is -0.332. The molecule has 0 unspecified atom stereocenters. The molecule has 2 rings (SSSR count). The van der Waals surface area contributed by atoms with E-state index in [-0.39, 0.29) is 5.82 Å². The molecular weight excluding hydrogens is 291 g/mol. The third-order valence-corrected chi connectivity index (χ3v) is 2.80. The van der Waals surface area contributed by atoms with Crippen LogP contribution >= 0.6 is 31.9 Å². The predicted octanol–water partition coefficient (Wildman–Crippen LogP) is 3.23. The Bertz CT molecular complexity index is 438. The Labute approximate surface area is 84.4 Å². The zero-order valence-corrected chi connectivity index (χ0v) is 8.91. The Morgan fingerprint density at radius 2 is 2.17 bits per heavy atom. The van der Waals surface area contributed by atoms with Crippen molar-refractivity contribution in [2.75, 3.05) is 0 Å². The van der Waals surface area contributed by atoms with Crippen molar-refractivity contribution in [3.63, 3.8) is 0 Å². The summed E-state index contributed by atoms with van der Waals surface area (Å²) in [5.41, 5.74) is 0.668. The average molecular weight is 294 g/mol. The molecule has 12 heavy (non-hydrogen) atoms. The Hall–Kier alpha value is -0.420. The molecule has 0 atom stereocenters. The Morgan fingerprint density at radius 3 is 2.83 bits per heavy atom. The highest BCUT2D eigenvalue weighted by Gasteiger charge is 2.09. The quantitative estimate of drug-likeness (QED) is 0.742. The van der Waals surface area contributed by atoms with E-state index in [0.29, 0.717) is 20.0 Å². The summed E-state index contributed by atoms with van der Waals surface area (Å²) in [7, 11) is 0. The predicted molar refractivity (Wildman–Crippen MR) is 51.5 cm³/mol. The van der Waals surface area contributed by atoms with Gasteiger partial charge in [-0.05, 0) is 31.9 Å². The van der Waals surface area contributed by atoms with Gasteiger partial charge < -0.3 is 4.98 Å². The highest BCUT2D eigenvalue weighted by atomic mass is 79.9.